The number of ether oxygens (including phenoxy) is 5. The Balaban J connectivity index is 4.18. The first-order valence-corrected chi connectivity index (χ1v) is 13.5. The van der Waals surface area contributed by atoms with Crippen molar-refractivity contribution in [2.75, 3.05) is 72.6 Å². The molecule has 3 N–H and O–H groups in total. The van der Waals surface area contributed by atoms with Crippen LogP contribution in [0.1, 0.15) is 85.0 Å². The Morgan fingerprint density at radius 1 is 0.647 bits per heavy atom. The molecule has 0 bridgehead atoms. The highest BCUT2D eigenvalue weighted by Gasteiger charge is 2.32. The summed E-state index contributed by atoms with van der Waals surface area (Å²) in [6.45, 7) is 12.6. The van der Waals surface area contributed by atoms with E-state index in [0.29, 0.717) is 65.9 Å². The van der Waals surface area contributed by atoms with Gasteiger partial charge in [0, 0.05) is 26.2 Å². The molecule has 1 amide bonds. The van der Waals surface area contributed by atoms with Crippen molar-refractivity contribution in [1.82, 2.24) is 5.32 Å². The number of carbonyl (C=O) groups is 1. The third kappa shape index (κ3) is 20.6. The van der Waals surface area contributed by atoms with Crippen LogP contribution in [0.5, 0.6) is 0 Å². The highest BCUT2D eigenvalue weighted by molar-refractivity contribution is 5.77. The average molecular weight is 491 g/mol. The van der Waals surface area contributed by atoms with E-state index >= 15 is 0 Å². The monoisotopic (exact) mass is 490 g/mol. The van der Waals surface area contributed by atoms with Crippen molar-refractivity contribution in [3.63, 3.8) is 0 Å². The van der Waals surface area contributed by atoms with Gasteiger partial charge in [-0.1, -0.05) is 40.0 Å². The highest BCUT2D eigenvalue weighted by atomic mass is 16.5. The van der Waals surface area contributed by atoms with Gasteiger partial charge in [-0.05, 0) is 45.1 Å². The maximum atomic E-state index is 12.7. The predicted molar refractivity (Wildman–Crippen MR) is 137 cm³/mol. The molecular weight excluding hydrogens is 436 g/mol. The molecule has 0 aromatic heterocycles. The van der Waals surface area contributed by atoms with Crippen molar-refractivity contribution in [2.24, 2.45) is 5.73 Å². The maximum absolute atomic E-state index is 12.7. The molecule has 0 aliphatic heterocycles. The molecule has 0 radical (unpaired) electrons. The second-order valence-electron chi connectivity index (χ2n) is 8.83. The summed E-state index contributed by atoms with van der Waals surface area (Å²) in [5.74, 6) is -0.0272. The summed E-state index contributed by atoms with van der Waals surface area (Å²) in [7, 11) is 0. The zero-order chi connectivity index (χ0) is 25.2. The summed E-state index contributed by atoms with van der Waals surface area (Å²) in [5.41, 5.74) is 4.98. The fraction of sp³-hybridized carbons (Fsp3) is 0.962. The number of rotatable bonds is 27. The van der Waals surface area contributed by atoms with E-state index in [4.69, 9.17) is 29.4 Å². The van der Waals surface area contributed by atoms with E-state index in [2.05, 4.69) is 26.1 Å². The molecule has 0 saturated heterocycles. The van der Waals surface area contributed by atoms with Crippen LogP contribution in [-0.4, -0.2) is 84.1 Å². The quantitative estimate of drug-likeness (QED) is 0.169. The fourth-order valence-electron chi connectivity index (χ4n) is 3.45. The minimum Gasteiger partial charge on any atom is -0.379 e. The third-order valence-corrected chi connectivity index (χ3v) is 5.33. The van der Waals surface area contributed by atoms with E-state index in [0.717, 1.165) is 70.9 Å². The van der Waals surface area contributed by atoms with Gasteiger partial charge in [0.25, 0.3) is 0 Å². The van der Waals surface area contributed by atoms with E-state index in [1.807, 2.05) is 0 Å². The van der Waals surface area contributed by atoms with E-state index in [9.17, 15) is 4.79 Å². The lowest BCUT2D eigenvalue weighted by Crippen LogP contribution is -2.55. The summed E-state index contributed by atoms with van der Waals surface area (Å²) in [6.07, 6.45) is 9.55. The van der Waals surface area contributed by atoms with Crippen molar-refractivity contribution < 1.29 is 28.5 Å². The third-order valence-electron chi connectivity index (χ3n) is 5.33. The number of nitrogens with one attached hydrogen (secondary N) is 1. The molecule has 0 aromatic rings. The van der Waals surface area contributed by atoms with Crippen LogP contribution in [0.25, 0.3) is 0 Å². The molecule has 34 heavy (non-hydrogen) atoms. The molecular formula is C26H54N2O6. The molecule has 8 nitrogen and oxygen atoms in total. The minimum absolute atomic E-state index is 0.0272. The SMILES string of the molecule is CCCCCC(COCCC)(COCCC)NC(=O)CCOCCOCCOCCCCCN. The van der Waals surface area contributed by atoms with Crippen LogP contribution in [0.4, 0.5) is 0 Å². The summed E-state index contributed by atoms with van der Waals surface area (Å²) >= 11 is 0. The van der Waals surface area contributed by atoms with Crippen LogP contribution in [0, 0.1) is 0 Å². The van der Waals surface area contributed by atoms with Crippen molar-refractivity contribution in [1.29, 1.82) is 0 Å². The molecule has 0 saturated carbocycles. The first kappa shape index (κ1) is 33.2. The second-order valence-corrected chi connectivity index (χ2v) is 8.83. The lowest BCUT2D eigenvalue weighted by molar-refractivity contribution is -0.127. The Bertz CT molecular complexity index is 413. The highest BCUT2D eigenvalue weighted by Crippen LogP contribution is 2.18. The molecule has 0 heterocycles. The molecule has 0 atom stereocenters. The Hall–Kier alpha value is -0.770. The van der Waals surface area contributed by atoms with Gasteiger partial charge in [-0.25, -0.2) is 0 Å². The van der Waals surface area contributed by atoms with Gasteiger partial charge in [0.15, 0.2) is 0 Å². The Morgan fingerprint density at radius 3 is 1.79 bits per heavy atom. The maximum Gasteiger partial charge on any atom is 0.222 e. The topological polar surface area (TPSA) is 101 Å². The summed E-state index contributed by atoms with van der Waals surface area (Å²) in [4.78, 5) is 12.7. The van der Waals surface area contributed by atoms with E-state index in [-0.39, 0.29) is 5.91 Å². The standard InChI is InChI=1S/C26H54N2O6/c1-4-7-9-13-26(23-33-15-5-2,24-34-16-6-3)28-25(29)12-18-31-20-22-32-21-19-30-17-11-8-10-14-27/h4-24,27H2,1-3H3,(H,28,29). The van der Waals surface area contributed by atoms with Gasteiger partial charge in [-0.3, -0.25) is 4.79 Å². The van der Waals surface area contributed by atoms with Crippen LogP contribution in [0.2, 0.25) is 0 Å². The molecule has 0 fully saturated rings. The summed E-state index contributed by atoms with van der Waals surface area (Å²) in [5, 5.41) is 3.23. The molecule has 0 aromatic carbocycles. The first-order valence-electron chi connectivity index (χ1n) is 13.5. The van der Waals surface area contributed by atoms with Gasteiger partial charge < -0.3 is 34.7 Å². The molecule has 0 spiro atoms. The zero-order valence-corrected chi connectivity index (χ0v) is 22.4. The van der Waals surface area contributed by atoms with Crippen molar-refractivity contribution in [2.45, 2.75) is 90.5 Å². The van der Waals surface area contributed by atoms with E-state index in [1.165, 1.54) is 0 Å². The first-order chi connectivity index (χ1) is 16.6. The van der Waals surface area contributed by atoms with Crippen LogP contribution >= 0.6 is 0 Å². The van der Waals surface area contributed by atoms with Gasteiger partial charge >= 0.3 is 0 Å². The molecule has 0 unspecified atom stereocenters. The smallest absolute Gasteiger partial charge is 0.222 e. The molecule has 0 aliphatic rings. The number of hydrogen-bond donors (Lipinski definition) is 2. The molecule has 0 rings (SSSR count). The van der Waals surface area contributed by atoms with Crippen molar-refractivity contribution in [3.05, 3.63) is 0 Å². The van der Waals surface area contributed by atoms with Crippen LogP contribution in [0.15, 0.2) is 0 Å². The van der Waals surface area contributed by atoms with Gasteiger partial charge in [0.2, 0.25) is 5.91 Å². The molecule has 204 valence electrons. The van der Waals surface area contributed by atoms with Crippen molar-refractivity contribution >= 4 is 5.91 Å². The number of carbonyl (C=O) groups excluding carboxylic acids is 1. The average Bonchev–Trinajstić information content (AvgIpc) is 2.82. The summed E-state index contributed by atoms with van der Waals surface area (Å²) < 4.78 is 28.4. The summed E-state index contributed by atoms with van der Waals surface area (Å²) in [6, 6.07) is 0. The molecule has 0 aliphatic carbocycles. The largest absolute Gasteiger partial charge is 0.379 e. The molecule has 8 heteroatoms. The normalized spacial score (nSPS) is 11.8. The van der Waals surface area contributed by atoms with E-state index in [1.54, 1.807) is 0 Å². The lowest BCUT2D eigenvalue weighted by Gasteiger charge is -2.35. The van der Waals surface area contributed by atoms with Crippen LogP contribution in [-0.2, 0) is 28.5 Å². The Morgan fingerprint density at radius 2 is 1.24 bits per heavy atom. The van der Waals surface area contributed by atoms with Gasteiger partial charge in [0.1, 0.15) is 0 Å². The van der Waals surface area contributed by atoms with Crippen molar-refractivity contribution in [3.8, 4) is 0 Å². The number of amides is 1. The van der Waals surface area contributed by atoms with Gasteiger partial charge in [-0.2, -0.15) is 0 Å². The Labute approximate surface area is 208 Å². The van der Waals surface area contributed by atoms with E-state index < -0.39 is 5.54 Å². The number of nitrogens with two attached hydrogens (primary N) is 1. The zero-order valence-electron chi connectivity index (χ0n) is 22.4. The Kier molecular flexibility index (Phi) is 24.8. The lowest BCUT2D eigenvalue weighted by atomic mass is 9.93. The predicted octanol–water partition coefficient (Wildman–Crippen LogP) is 3.84. The van der Waals surface area contributed by atoms with Crippen LogP contribution in [0.3, 0.4) is 0 Å². The minimum atomic E-state index is -0.482. The number of hydrogen-bond acceptors (Lipinski definition) is 7. The number of unbranched alkanes of at least 4 members (excludes halogenated alkanes) is 4. The fourth-order valence-corrected chi connectivity index (χ4v) is 3.45. The van der Waals surface area contributed by atoms with Crippen LogP contribution < -0.4 is 11.1 Å². The van der Waals surface area contributed by atoms with Gasteiger partial charge in [0.05, 0.1) is 51.8 Å². The second kappa shape index (κ2) is 25.3. The van der Waals surface area contributed by atoms with Gasteiger partial charge in [-0.15, -0.1) is 0 Å².